The van der Waals surface area contributed by atoms with Gasteiger partial charge in [-0.05, 0) is 28.1 Å². The SMILES string of the molecule is C#CCOc1cc(Br)c(-c2nc(N)nc(N)c2C#N)cc1OC. The summed E-state index contributed by atoms with van der Waals surface area (Å²) in [5.41, 5.74) is 12.4. The van der Waals surface area contributed by atoms with Crippen LogP contribution in [0.4, 0.5) is 11.8 Å². The van der Waals surface area contributed by atoms with E-state index in [1.54, 1.807) is 12.1 Å². The first kappa shape index (κ1) is 16.4. The molecule has 0 saturated carbocycles. The lowest BCUT2D eigenvalue weighted by molar-refractivity contribution is 0.331. The number of nitriles is 1. The first-order chi connectivity index (χ1) is 11.0. The van der Waals surface area contributed by atoms with Gasteiger partial charge in [-0.2, -0.15) is 10.2 Å². The zero-order valence-corrected chi connectivity index (χ0v) is 13.7. The first-order valence-electron chi connectivity index (χ1n) is 6.29. The fraction of sp³-hybridized carbons (Fsp3) is 0.133. The Morgan fingerprint density at radius 2 is 2.04 bits per heavy atom. The molecule has 0 bridgehead atoms. The summed E-state index contributed by atoms with van der Waals surface area (Å²) >= 11 is 3.41. The van der Waals surface area contributed by atoms with Gasteiger partial charge in [0.05, 0.1) is 12.8 Å². The van der Waals surface area contributed by atoms with E-state index < -0.39 is 0 Å². The molecule has 8 heteroatoms. The van der Waals surface area contributed by atoms with Crippen LogP contribution in [0.3, 0.4) is 0 Å². The predicted octanol–water partition coefficient (Wildman–Crippen LogP) is 1.96. The van der Waals surface area contributed by atoms with Crippen LogP contribution in [0, 0.1) is 23.7 Å². The van der Waals surface area contributed by atoms with Crippen LogP contribution in [0.25, 0.3) is 11.3 Å². The number of ether oxygens (including phenoxy) is 2. The lowest BCUT2D eigenvalue weighted by atomic mass is 10.1. The maximum Gasteiger partial charge on any atom is 0.222 e. The zero-order valence-electron chi connectivity index (χ0n) is 12.1. The molecule has 0 radical (unpaired) electrons. The summed E-state index contributed by atoms with van der Waals surface area (Å²) in [7, 11) is 1.49. The molecule has 0 spiro atoms. The molecule has 23 heavy (non-hydrogen) atoms. The Bertz CT molecular complexity index is 839. The number of anilines is 2. The van der Waals surface area contributed by atoms with Gasteiger partial charge in [0.2, 0.25) is 5.95 Å². The highest BCUT2D eigenvalue weighted by Crippen LogP contribution is 2.39. The Kier molecular flexibility index (Phi) is 4.89. The van der Waals surface area contributed by atoms with Crippen LogP contribution in [0.2, 0.25) is 0 Å². The highest BCUT2D eigenvalue weighted by molar-refractivity contribution is 9.10. The van der Waals surface area contributed by atoms with Crippen molar-refractivity contribution in [3.05, 3.63) is 22.2 Å². The predicted molar refractivity (Wildman–Crippen MR) is 89.6 cm³/mol. The molecule has 0 aliphatic rings. The molecule has 2 aromatic rings. The van der Waals surface area contributed by atoms with Crippen molar-refractivity contribution in [1.29, 1.82) is 5.26 Å². The van der Waals surface area contributed by atoms with Crippen LogP contribution < -0.4 is 20.9 Å². The van der Waals surface area contributed by atoms with Gasteiger partial charge in [-0.15, -0.1) is 6.42 Å². The molecule has 7 nitrogen and oxygen atoms in total. The molecule has 0 atom stereocenters. The maximum absolute atomic E-state index is 9.30. The van der Waals surface area contributed by atoms with Crippen LogP contribution in [0.5, 0.6) is 11.5 Å². The van der Waals surface area contributed by atoms with E-state index in [9.17, 15) is 5.26 Å². The number of nitrogen functional groups attached to an aromatic ring is 2. The van der Waals surface area contributed by atoms with Crippen LogP contribution in [0.1, 0.15) is 5.56 Å². The highest BCUT2D eigenvalue weighted by Gasteiger charge is 2.18. The molecular weight excluding hydrogens is 362 g/mol. The van der Waals surface area contributed by atoms with E-state index in [0.717, 1.165) is 0 Å². The van der Waals surface area contributed by atoms with Gasteiger partial charge < -0.3 is 20.9 Å². The maximum atomic E-state index is 9.30. The van der Waals surface area contributed by atoms with Crippen LogP contribution in [-0.4, -0.2) is 23.7 Å². The second kappa shape index (κ2) is 6.86. The molecule has 0 aliphatic carbocycles. The molecule has 2 rings (SSSR count). The molecule has 0 saturated heterocycles. The third-order valence-electron chi connectivity index (χ3n) is 2.89. The number of aromatic nitrogens is 2. The first-order valence-corrected chi connectivity index (χ1v) is 7.08. The summed E-state index contributed by atoms with van der Waals surface area (Å²) in [5.74, 6) is 3.23. The van der Waals surface area contributed by atoms with Gasteiger partial charge in [0.15, 0.2) is 11.5 Å². The van der Waals surface area contributed by atoms with Crippen molar-refractivity contribution >= 4 is 27.7 Å². The lowest BCUT2D eigenvalue weighted by Crippen LogP contribution is -2.05. The fourth-order valence-electron chi connectivity index (χ4n) is 1.91. The van der Waals surface area contributed by atoms with Crippen molar-refractivity contribution in [2.24, 2.45) is 0 Å². The Labute approximate surface area is 141 Å². The molecule has 0 unspecified atom stereocenters. The lowest BCUT2D eigenvalue weighted by Gasteiger charge is -2.14. The van der Waals surface area contributed by atoms with Gasteiger partial charge in [0.25, 0.3) is 0 Å². The number of benzene rings is 1. The van der Waals surface area contributed by atoms with Crippen molar-refractivity contribution in [1.82, 2.24) is 9.97 Å². The van der Waals surface area contributed by atoms with Crippen LogP contribution in [-0.2, 0) is 0 Å². The standard InChI is InChI=1S/C15H12BrN5O2/c1-3-4-23-12-6-10(16)8(5-11(12)22-2)13-9(7-17)14(18)21-15(19)20-13/h1,5-6H,4H2,2H3,(H4,18,19,20,21). The number of hydrogen-bond acceptors (Lipinski definition) is 7. The molecule has 1 aromatic heterocycles. The highest BCUT2D eigenvalue weighted by atomic mass is 79.9. The normalized spacial score (nSPS) is 9.74. The Hall–Kier alpha value is -2.97. The minimum atomic E-state index is -0.0324. The van der Waals surface area contributed by atoms with Crippen molar-refractivity contribution in [2.45, 2.75) is 0 Å². The van der Waals surface area contributed by atoms with Crippen molar-refractivity contribution in [2.75, 3.05) is 25.2 Å². The van der Waals surface area contributed by atoms with Gasteiger partial charge >= 0.3 is 0 Å². The van der Waals surface area contributed by atoms with E-state index in [1.165, 1.54) is 7.11 Å². The number of nitrogens with zero attached hydrogens (tertiary/aromatic N) is 3. The quantitative estimate of drug-likeness (QED) is 0.785. The van der Waals surface area contributed by atoms with E-state index in [0.29, 0.717) is 27.2 Å². The molecule has 116 valence electrons. The second-order valence-electron chi connectivity index (χ2n) is 4.28. The minimum absolute atomic E-state index is 0.00789. The molecule has 0 aliphatic heterocycles. The zero-order chi connectivity index (χ0) is 17.0. The molecule has 0 fully saturated rings. The summed E-state index contributed by atoms with van der Waals surface area (Å²) in [6.07, 6.45) is 5.19. The third kappa shape index (κ3) is 3.28. The number of terminal acetylenes is 1. The third-order valence-corrected chi connectivity index (χ3v) is 3.54. The largest absolute Gasteiger partial charge is 0.493 e. The van der Waals surface area contributed by atoms with Gasteiger partial charge in [-0.1, -0.05) is 5.92 Å². The summed E-state index contributed by atoms with van der Waals surface area (Å²) in [4.78, 5) is 7.90. The van der Waals surface area contributed by atoms with E-state index in [-0.39, 0.29) is 23.9 Å². The molecular formula is C15H12BrN5O2. The Balaban J connectivity index is 2.66. The van der Waals surface area contributed by atoms with Gasteiger partial charge in [0, 0.05) is 10.0 Å². The van der Waals surface area contributed by atoms with E-state index >= 15 is 0 Å². The number of halogens is 1. The molecule has 1 heterocycles. The van der Waals surface area contributed by atoms with E-state index in [1.807, 2.05) is 6.07 Å². The fourth-order valence-corrected chi connectivity index (χ4v) is 2.42. The van der Waals surface area contributed by atoms with Crippen LogP contribution >= 0.6 is 15.9 Å². The Morgan fingerprint density at radius 3 is 2.65 bits per heavy atom. The number of nitrogens with two attached hydrogens (primary N) is 2. The number of methoxy groups -OCH3 is 1. The molecule has 1 aromatic carbocycles. The van der Waals surface area contributed by atoms with E-state index in [4.69, 9.17) is 27.4 Å². The monoisotopic (exact) mass is 373 g/mol. The minimum Gasteiger partial charge on any atom is -0.493 e. The van der Waals surface area contributed by atoms with Crippen molar-refractivity contribution < 1.29 is 9.47 Å². The summed E-state index contributed by atoms with van der Waals surface area (Å²) in [6.45, 7) is 0.0962. The summed E-state index contributed by atoms with van der Waals surface area (Å²) in [5, 5.41) is 9.30. The summed E-state index contributed by atoms with van der Waals surface area (Å²) < 4.78 is 11.3. The van der Waals surface area contributed by atoms with Crippen molar-refractivity contribution in [3.63, 3.8) is 0 Å². The van der Waals surface area contributed by atoms with Gasteiger partial charge in [-0.3, -0.25) is 0 Å². The van der Waals surface area contributed by atoms with E-state index in [2.05, 4.69) is 31.8 Å². The number of hydrogen-bond donors (Lipinski definition) is 2. The average Bonchev–Trinajstić information content (AvgIpc) is 2.52. The second-order valence-corrected chi connectivity index (χ2v) is 5.13. The molecule has 4 N–H and O–H groups in total. The average molecular weight is 374 g/mol. The topological polar surface area (TPSA) is 120 Å². The van der Waals surface area contributed by atoms with Crippen LogP contribution in [0.15, 0.2) is 16.6 Å². The summed E-state index contributed by atoms with van der Waals surface area (Å²) in [6, 6.07) is 5.30. The molecule has 0 amide bonds. The van der Waals surface area contributed by atoms with Crippen molar-refractivity contribution in [3.8, 4) is 41.2 Å². The smallest absolute Gasteiger partial charge is 0.222 e. The Morgan fingerprint density at radius 1 is 1.30 bits per heavy atom. The number of rotatable bonds is 4. The van der Waals surface area contributed by atoms with Gasteiger partial charge in [-0.25, -0.2) is 4.98 Å². The van der Waals surface area contributed by atoms with Gasteiger partial charge in [0.1, 0.15) is 24.1 Å².